The molecule has 5 atom stereocenters. The Hall–Kier alpha value is -1.38. The Morgan fingerprint density at radius 2 is 2.03 bits per heavy atom. The Kier molecular flexibility index (Phi) is 4.33. The highest BCUT2D eigenvalue weighted by atomic mass is 35.5. The molecule has 1 spiro atoms. The third kappa shape index (κ3) is 2.83. The molecular weight excluding hydrogens is 433 g/mol. The van der Waals surface area contributed by atoms with Crippen molar-refractivity contribution in [2.45, 2.75) is 44.1 Å². The average molecular weight is 458 g/mol. The van der Waals surface area contributed by atoms with Crippen LogP contribution in [-0.4, -0.2) is 39.9 Å². The molecule has 5 unspecified atom stereocenters. The van der Waals surface area contributed by atoms with Crippen LogP contribution in [0.4, 0.5) is 4.39 Å². The fourth-order valence-corrected chi connectivity index (χ4v) is 8.02. The first-order chi connectivity index (χ1) is 14.0. The second kappa shape index (κ2) is 6.33. The Morgan fingerprint density at radius 3 is 2.73 bits per heavy atom. The van der Waals surface area contributed by atoms with Crippen LogP contribution < -0.4 is 9.46 Å². The van der Waals surface area contributed by atoms with Gasteiger partial charge < -0.3 is 9.47 Å². The van der Waals surface area contributed by atoms with Gasteiger partial charge in [-0.1, -0.05) is 11.6 Å². The number of halogens is 2. The first-order valence-electron chi connectivity index (χ1n) is 10.2. The molecule has 30 heavy (non-hydrogen) atoms. The molecule has 1 amide bonds. The van der Waals surface area contributed by atoms with Gasteiger partial charge in [-0.2, -0.15) is 0 Å². The molecule has 4 saturated carbocycles. The SMILES string of the molecule is COC12CC3CC4(COc5cc(F)c(C(=O)NS(C)(=O)=O)cc5Cl)CC(C1)C2(C3)C4. The summed E-state index contributed by atoms with van der Waals surface area (Å²) in [5.41, 5.74) is -0.0686. The van der Waals surface area contributed by atoms with Crippen molar-refractivity contribution in [1.82, 2.24) is 4.72 Å². The molecule has 5 rings (SSSR count). The normalized spacial score (nSPS) is 38.3. The largest absolute Gasteiger partial charge is 0.491 e. The quantitative estimate of drug-likeness (QED) is 0.706. The molecule has 0 radical (unpaired) electrons. The van der Waals surface area contributed by atoms with Gasteiger partial charge in [0.1, 0.15) is 11.6 Å². The fourth-order valence-electron chi connectivity index (χ4n) is 7.36. The molecule has 4 aliphatic rings. The van der Waals surface area contributed by atoms with E-state index in [-0.39, 0.29) is 27.2 Å². The van der Waals surface area contributed by atoms with Gasteiger partial charge in [0, 0.05) is 24.0 Å². The summed E-state index contributed by atoms with van der Waals surface area (Å²) in [7, 11) is -1.97. The van der Waals surface area contributed by atoms with Crippen LogP contribution in [0.5, 0.6) is 5.75 Å². The number of hydrogen-bond donors (Lipinski definition) is 1. The van der Waals surface area contributed by atoms with Crippen molar-refractivity contribution in [3.63, 3.8) is 0 Å². The number of sulfonamides is 1. The van der Waals surface area contributed by atoms with E-state index in [1.807, 2.05) is 7.11 Å². The summed E-state index contributed by atoms with van der Waals surface area (Å²) in [5.74, 6) is -0.451. The van der Waals surface area contributed by atoms with Crippen LogP contribution in [0.1, 0.15) is 48.9 Å². The maximum atomic E-state index is 14.5. The van der Waals surface area contributed by atoms with E-state index >= 15 is 0 Å². The molecule has 1 N–H and O–H groups in total. The zero-order chi connectivity index (χ0) is 21.5. The lowest BCUT2D eigenvalue weighted by atomic mass is 9.52. The van der Waals surface area contributed by atoms with Crippen LogP contribution in [0.15, 0.2) is 12.1 Å². The fraction of sp³-hybridized carbons (Fsp3) is 0.667. The topological polar surface area (TPSA) is 81.7 Å². The summed E-state index contributed by atoms with van der Waals surface area (Å²) in [6.45, 7) is 0.454. The van der Waals surface area contributed by atoms with Gasteiger partial charge >= 0.3 is 0 Å². The predicted molar refractivity (Wildman–Crippen MR) is 109 cm³/mol. The van der Waals surface area contributed by atoms with E-state index in [0.717, 1.165) is 50.5 Å². The van der Waals surface area contributed by atoms with Crippen molar-refractivity contribution in [3.05, 3.63) is 28.5 Å². The molecule has 0 aromatic heterocycles. The number of benzene rings is 1. The van der Waals surface area contributed by atoms with Gasteiger partial charge in [0.05, 0.1) is 29.0 Å². The number of ether oxygens (including phenoxy) is 2. The number of amides is 1. The van der Waals surface area contributed by atoms with Crippen LogP contribution in [0.25, 0.3) is 0 Å². The Morgan fingerprint density at radius 1 is 1.27 bits per heavy atom. The van der Waals surface area contributed by atoms with Crippen LogP contribution in [0.2, 0.25) is 5.02 Å². The molecule has 0 aliphatic heterocycles. The predicted octanol–water partition coefficient (Wildman–Crippen LogP) is 3.53. The van der Waals surface area contributed by atoms with E-state index in [1.165, 1.54) is 6.42 Å². The van der Waals surface area contributed by atoms with Crippen molar-refractivity contribution in [1.29, 1.82) is 0 Å². The van der Waals surface area contributed by atoms with Crippen LogP contribution in [0.3, 0.4) is 0 Å². The molecule has 1 aromatic rings. The summed E-state index contributed by atoms with van der Waals surface area (Å²) < 4.78 is 50.7. The number of carbonyl (C=O) groups excluding carboxylic acids is 1. The van der Waals surface area contributed by atoms with Gasteiger partial charge in [-0.15, -0.1) is 0 Å². The molecule has 4 fully saturated rings. The minimum atomic E-state index is -3.81. The Bertz CT molecular complexity index is 1040. The van der Waals surface area contributed by atoms with Gasteiger partial charge in [-0.05, 0) is 56.4 Å². The van der Waals surface area contributed by atoms with Crippen LogP contribution in [-0.2, 0) is 14.8 Å². The lowest BCUT2D eigenvalue weighted by molar-refractivity contribution is -0.197. The third-order valence-electron chi connectivity index (χ3n) is 8.10. The number of carbonyl (C=O) groups is 1. The molecule has 6 nitrogen and oxygen atoms in total. The number of methoxy groups -OCH3 is 1. The molecule has 9 heteroatoms. The zero-order valence-electron chi connectivity index (χ0n) is 17.0. The maximum Gasteiger partial charge on any atom is 0.267 e. The molecule has 0 heterocycles. The standard InChI is InChI=1S/C21H25ClFNO5S/c1-28-21-7-12-5-19(8-13(9-21)20(21,6-12)10-19)11-29-17-4-16(23)14(3-15(17)22)18(25)24-30(2,26)27/h3-4,12-13H,5-11H2,1-2H3,(H,24,25). The maximum absolute atomic E-state index is 14.5. The first-order valence-corrected chi connectivity index (χ1v) is 12.5. The highest BCUT2D eigenvalue weighted by Gasteiger charge is 2.78. The summed E-state index contributed by atoms with van der Waals surface area (Å²) in [5, 5.41) is 0.0793. The summed E-state index contributed by atoms with van der Waals surface area (Å²) in [6.07, 6.45) is 7.58. The lowest BCUT2D eigenvalue weighted by Crippen LogP contribution is -2.58. The monoisotopic (exact) mass is 457 g/mol. The summed E-state index contributed by atoms with van der Waals surface area (Å²) in [6, 6.07) is 2.18. The van der Waals surface area contributed by atoms with Crippen molar-refractivity contribution in [2.75, 3.05) is 20.0 Å². The molecule has 3 bridgehead atoms. The van der Waals surface area contributed by atoms with E-state index in [2.05, 4.69) is 0 Å². The average Bonchev–Trinajstić information content (AvgIpc) is 2.94. The van der Waals surface area contributed by atoms with Crippen molar-refractivity contribution in [3.8, 4) is 5.75 Å². The zero-order valence-corrected chi connectivity index (χ0v) is 18.5. The highest BCUT2D eigenvalue weighted by molar-refractivity contribution is 7.89. The van der Waals surface area contributed by atoms with E-state index in [1.54, 1.807) is 4.72 Å². The Balaban J connectivity index is 1.33. The van der Waals surface area contributed by atoms with Crippen molar-refractivity contribution in [2.24, 2.45) is 22.7 Å². The number of rotatable bonds is 6. The van der Waals surface area contributed by atoms with Crippen molar-refractivity contribution >= 4 is 27.5 Å². The van der Waals surface area contributed by atoms with E-state index < -0.39 is 27.3 Å². The highest BCUT2D eigenvalue weighted by Crippen LogP contribution is 2.81. The molecule has 0 saturated heterocycles. The molecule has 4 aliphatic carbocycles. The minimum absolute atomic E-state index is 0.0406. The lowest BCUT2D eigenvalue weighted by Gasteiger charge is -2.57. The van der Waals surface area contributed by atoms with E-state index in [9.17, 15) is 17.6 Å². The van der Waals surface area contributed by atoms with Crippen LogP contribution in [0, 0.1) is 28.5 Å². The van der Waals surface area contributed by atoms with E-state index in [0.29, 0.717) is 18.4 Å². The molecular formula is C21H25ClFNO5S. The number of hydrogen-bond acceptors (Lipinski definition) is 5. The smallest absolute Gasteiger partial charge is 0.267 e. The van der Waals surface area contributed by atoms with Gasteiger partial charge in [0.15, 0.2) is 0 Å². The van der Waals surface area contributed by atoms with Gasteiger partial charge in [0.25, 0.3) is 5.91 Å². The second-order valence-electron chi connectivity index (χ2n) is 9.87. The van der Waals surface area contributed by atoms with Gasteiger partial charge in [-0.3, -0.25) is 4.79 Å². The second-order valence-corrected chi connectivity index (χ2v) is 12.0. The summed E-state index contributed by atoms with van der Waals surface area (Å²) >= 11 is 6.24. The minimum Gasteiger partial charge on any atom is -0.491 e. The molecule has 164 valence electrons. The third-order valence-corrected chi connectivity index (χ3v) is 8.95. The number of nitrogens with one attached hydrogen (secondary N) is 1. The Labute approximate surface area is 180 Å². The molecule has 1 aromatic carbocycles. The van der Waals surface area contributed by atoms with Gasteiger partial charge in [0.2, 0.25) is 10.0 Å². The van der Waals surface area contributed by atoms with Crippen LogP contribution >= 0.6 is 11.6 Å². The first kappa shape index (κ1) is 20.5. The summed E-state index contributed by atoms with van der Waals surface area (Å²) in [4.78, 5) is 12.0. The number of fused-ring (bicyclic) bond motifs is 2. The van der Waals surface area contributed by atoms with Gasteiger partial charge in [-0.25, -0.2) is 17.5 Å². The van der Waals surface area contributed by atoms with Crippen molar-refractivity contribution < 1.29 is 27.1 Å². The van der Waals surface area contributed by atoms with E-state index in [4.69, 9.17) is 21.1 Å².